The number of ketones is 2. The minimum absolute atomic E-state index is 0.0194. The minimum atomic E-state index is -1.46. The SMILES string of the molecule is CC1(C)CC2NC(=O)[C@]23CC[C@]2(C)[C@H](C(=O)C=C4[C@@]2(C)CC[C@H]2C(C)(C)C(=O)C5(C#N)O[C@]5(C)[C@]42C)[C@@H]3C1. The van der Waals surface area contributed by atoms with Gasteiger partial charge in [-0.25, -0.2) is 0 Å². The van der Waals surface area contributed by atoms with Gasteiger partial charge in [0.1, 0.15) is 11.7 Å². The number of carbonyl (C=O) groups is 3. The van der Waals surface area contributed by atoms with Gasteiger partial charge in [-0.3, -0.25) is 14.4 Å². The standard InChI is InChI=1S/C32H42N2O4/c1-25(2)14-17-22-18(35)13-20-27(5,28(22,6)11-12-31(17)21(15-25)34-24(31)37)10-9-19-26(3,4)23(36)32(16-33)30(8,38-32)29(19,20)7/h13,17,19,21-22H,9-12,14-15H2,1-8H3,(H,34,37)/t17-,19-,21?,22-,27+,28+,29-,30+,31-,32?/m0/s1. The highest BCUT2D eigenvalue weighted by molar-refractivity contribution is 6.02. The molecule has 5 aliphatic carbocycles. The molecule has 1 spiro atoms. The van der Waals surface area contributed by atoms with Crippen molar-refractivity contribution < 1.29 is 19.1 Å². The normalized spacial score (nSPS) is 56.7. The Morgan fingerprint density at radius 2 is 1.66 bits per heavy atom. The van der Waals surface area contributed by atoms with E-state index < -0.39 is 27.4 Å². The quantitative estimate of drug-likeness (QED) is 0.363. The molecule has 4 saturated carbocycles. The largest absolute Gasteiger partial charge is 0.352 e. The van der Waals surface area contributed by atoms with E-state index in [1.165, 1.54) is 0 Å². The van der Waals surface area contributed by atoms with Crippen LogP contribution in [0.4, 0.5) is 0 Å². The van der Waals surface area contributed by atoms with Gasteiger partial charge in [0.2, 0.25) is 11.5 Å². The molecule has 0 bridgehead atoms. The number of nitriles is 1. The number of allylic oxidation sites excluding steroid dienone is 1. The topological polar surface area (TPSA) is 99.6 Å². The minimum Gasteiger partial charge on any atom is -0.352 e. The number of hydrogen-bond acceptors (Lipinski definition) is 5. The Bertz CT molecular complexity index is 1320. The Balaban J connectivity index is 1.42. The fourth-order valence-corrected chi connectivity index (χ4v) is 11.9. The molecule has 6 nitrogen and oxygen atoms in total. The van der Waals surface area contributed by atoms with Gasteiger partial charge < -0.3 is 10.1 Å². The van der Waals surface area contributed by atoms with Gasteiger partial charge in [-0.05, 0) is 79.6 Å². The number of ether oxygens (including phenoxy) is 1. The number of hydrogen-bond donors (Lipinski definition) is 1. The molecule has 1 amide bonds. The van der Waals surface area contributed by atoms with E-state index in [0.29, 0.717) is 0 Å². The summed E-state index contributed by atoms with van der Waals surface area (Å²) in [6.07, 6.45) is 7.19. The monoisotopic (exact) mass is 518 g/mol. The van der Waals surface area contributed by atoms with E-state index >= 15 is 0 Å². The van der Waals surface area contributed by atoms with Crippen LogP contribution in [0.5, 0.6) is 0 Å². The highest BCUT2D eigenvalue weighted by Gasteiger charge is 2.89. The first kappa shape index (κ1) is 25.0. The fourth-order valence-electron chi connectivity index (χ4n) is 11.9. The highest BCUT2D eigenvalue weighted by Crippen LogP contribution is 2.80. The van der Waals surface area contributed by atoms with Crippen LogP contribution in [-0.2, 0) is 19.1 Å². The van der Waals surface area contributed by atoms with Crippen LogP contribution >= 0.6 is 0 Å². The van der Waals surface area contributed by atoms with Crippen molar-refractivity contribution in [2.24, 2.45) is 50.2 Å². The predicted molar refractivity (Wildman–Crippen MR) is 140 cm³/mol. The third-order valence-corrected chi connectivity index (χ3v) is 14.2. The number of carbonyl (C=O) groups excluding carboxylic acids is 3. The van der Waals surface area contributed by atoms with Crippen molar-refractivity contribution in [1.82, 2.24) is 5.32 Å². The maximum atomic E-state index is 14.5. The number of epoxide rings is 1. The van der Waals surface area contributed by atoms with E-state index in [1.54, 1.807) is 0 Å². The predicted octanol–water partition coefficient (Wildman–Crippen LogP) is 4.92. The molecule has 0 aromatic heterocycles. The van der Waals surface area contributed by atoms with Gasteiger partial charge in [-0.2, -0.15) is 5.26 Å². The Kier molecular flexibility index (Phi) is 4.16. The Hall–Kier alpha value is -2.00. The third-order valence-electron chi connectivity index (χ3n) is 14.2. The van der Waals surface area contributed by atoms with Crippen LogP contribution in [0.2, 0.25) is 0 Å². The Labute approximate surface area is 226 Å². The molecule has 2 unspecified atom stereocenters. The van der Waals surface area contributed by atoms with E-state index in [1.807, 2.05) is 26.8 Å². The third kappa shape index (κ3) is 2.16. The molecule has 0 radical (unpaired) electrons. The van der Waals surface area contributed by atoms with Crippen LogP contribution in [0.3, 0.4) is 0 Å². The zero-order valence-corrected chi connectivity index (χ0v) is 24.2. The van der Waals surface area contributed by atoms with Crippen LogP contribution in [0, 0.1) is 61.6 Å². The van der Waals surface area contributed by atoms with Crippen molar-refractivity contribution in [2.45, 2.75) is 111 Å². The molecule has 6 heteroatoms. The van der Waals surface area contributed by atoms with Crippen molar-refractivity contribution in [3.8, 4) is 6.07 Å². The highest BCUT2D eigenvalue weighted by atomic mass is 16.6. The second kappa shape index (κ2) is 6.32. The smallest absolute Gasteiger partial charge is 0.243 e. The summed E-state index contributed by atoms with van der Waals surface area (Å²) in [6.45, 7) is 17.3. The lowest BCUT2D eigenvalue weighted by molar-refractivity contribution is -0.203. The molecule has 0 aromatic rings. The van der Waals surface area contributed by atoms with Crippen LogP contribution in [0.1, 0.15) is 93.9 Å². The lowest BCUT2D eigenvalue weighted by Crippen LogP contribution is -2.78. The maximum absolute atomic E-state index is 14.5. The van der Waals surface area contributed by atoms with Crippen molar-refractivity contribution >= 4 is 17.5 Å². The summed E-state index contributed by atoms with van der Waals surface area (Å²) in [6, 6.07) is 2.44. The first-order chi connectivity index (χ1) is 17.4. The van der Waals surface area contributed by atoms with Crippen LogP contribution in [0.25, 0.3) is 0 Å². The molecule has 2 aliphatic heterocycles. The molecule has 204 valence electrons. The van der Waals surface area contributed by atoms with Gasteiger partial charge >= 0.3 is 0 Å². The lowest BCUT2D eigenvalue weighted by Gasteiger charge is -2.72. The number of nitrogens with zero attached hydrogens (tertiary/aromatic N) is 1. The van der Waals surface area contributed by atoms with Crippen molar-refractivity contribution in [2.75, 3.05) is 0 Å². The average Bonchev–Trinajstić information content (AvgIpc) is 3.46. The second-order valence-electron chi connectivity index (χ2n) is 16.2. The van der Waals surface area contributed by atoms with Crippen molar-refractivity contribution in [1.29, 1.82) is 5.26 Å². The molecule has 10 atom stereocenters. The number of fused-ring (bicyclic) bond motifs is 8. The van der Waals surface area contributed by atoms with E-state index in [4.69, 9.17) is 4.74 Å². The van der Waals surface area contributed by atoms with Gasteiger partial charge in [-0.15, -0.1) is 0 Å². The molecule has 38 heavy (non-hydrogen) atoms. The number of rotatable bonds is 0. The molecule has 6 fully saturated rings. The summed E-state index contributed by atoms with van der Waals surface area (Å²) in [4.78, 5) is 41.5. The molecule has 2 saturated heterocycles. The summed E-state index contributed by atoms with van der Waals surface area (Å²) < 4.78 is 6.27. The zero-order chi connectivity index (χ0) is 27.7. The summed E-state index contributed by atoms with van der Waals surface area (Å²) in [5.41, 5.74) is -3.62. The molecule has 2 heterocycles. The number of β-lactam (4-membered cyclic amide) rings is 1. The summed E-state index contributed by atoms with van der Waals surface area (Å²) >= 11 is 0. The number of Topliss-reactive ketones (excluding diaryl/α,β-unsaturated/α-hetero) is 1. The van der Waals surface area contributed by atoms with Gasteiger partial charge in [0.15, 0.2) is 11.6 Å². The van der Waals surface area contributed by atoms with Gasteiger partial charge in [0.25, 0.3) is 0 Å². The zero-order valence-electron chi connectivity index (χ0n) is 24.2. The number of nitrogens with one attached hydrogen (secondary N) is 1. The maximum Gasteiger partial charge on any atom is 0.243 e. The lowest BCUT2D eigenvalue weighted by atomic mass is 9.31. The van der Waals surface area contributed by atoms with Crippen molar-refractivity contribution in [3.05, 3.63) is 11.6 Å². The first-order valence-electron chi connectivity index (χ1n) is 14.7. The molecule has 7 aliphatic rings. The van der Waals surface area contributed by atoms with Crippen molar-refractivity contribution in [3.63, 3.8) is 0 Å². The Morgan fingerprint density at radius 3 is 2.29 bits per heavy atom. The van der Waals surface area contributed by atoms with E-state index in [9.17, 15) is 19.6 Å². The van der Waals surface area contributed by atoms with E-state index in [2.05, 4.69) is 46.0 Å². The van der Waals surface area contributed by atoms with Gasteiger partial charge in [0, 0.05) is 22.8 Å². The van der Waals surface area contributed by atoms with Gasteiger partial charge in [0.05, 0.1) is 5.41 Å². The van der Waals surface area contributed by atoms with Gasteiger partial charge in [-0.1, -0.05) is 54.0 Å². The van der Waals surface area contributed by atoms with E-state index in [0.717, 1.165) is 44.1 Å². The molecule has 7 rings (SSSR count). The average molecular weight is 519 g/mol. The summed E-state index contributed by atoms with van der Waals surface area (Å²) in [7, 11) is 0. The van der Waals surface area contributed by atoms with E-state index in [-0.39, 0.29) is 57.5 Å². The fraction of sp³-hybridized carbons (Fsp3) is 0.812. The van der Waals surface area contributed by atoms with Crippen LogP contribution in [-0.4, -0.2) is 34.7 Å². The molecule has 0 aromatic carbocycles. The Morgan fingerprint density at radius 1 is 0.974 bits per heavy atom. The molecular weight excluding hydrogens is 476 g/mol. The summed E-state index contributed by atoms with van der Waals surface area (Å²) in [5, 5.41) is 13.5. The van der Waals surface area contributed by atoms with Crippen LogP contribution in [0.15, 0.2) is 11.6 Å². The summed E-state index contributed by atoms with van der Waals surface area (Å²) in [5.74, 6) is -0.00718. The first-order valence-corrected chi connectivity index (χ1v) is 14.7. The molecule has 1 N–H and O–H groups in total. The van der Waals surface area contributed by atoms with Crippen LogP contribution < -0.4 is 5.32 Å². The number of amides is 1. The molecular formula is C32H42N2O4. The second-order valence-corrected chi connectivity index (χ2v) is 16.2.